The van der Waals surface area contributed by atoms with Gasteiger partial charge in [-0.05, 0) is 59.9 Å². The van der Waals surface area contributed by atoms with Crippen LogP contribution in [-0.4, -0.2) is 73.9 Å². The molecule has 3 heterocycles. The second-order valence-corrected chi connectivity index (χ2v) is 15.6. The van der Waals surface area contributed by atoms with Gasteiger partial charge in [-0.15, -0.1) is 0 Å². The van der Waals surface area contributed by atoms with E-state index in [0.29, 0.717) is 23.1 Å². The van der Waals surface area contributed by atoms with Gasteiger partial charge in [0.25, 0.3) is 12.3 Å². The summed E-state index contributed by atoms with van der Waals surface area (Å²) in [6.07, 6.45) is -6.99. The Bertz CT molecular complexity index is 2060. The Morgan fingerprint density at radius 1 is 1.11 bits per heavy atom. The number of benzene rings is 2. The molecular formula is C37H38ClF7N8O3. The number of carbonyl (C=O) groups is 2. The molecule has 3 aromatic rings. The first kappa shape index (κ1) is 40.5. The molecule has 2 atom stereocenters. The van der Waals surface area contributed by atoms with Gasteiger partial charge in [0, 0.05) is 12.2 Å². The van der Waals surface area contributed by atoms with Gasteiger partial charge in [0.1, 0.15) is 24.0 Å². The zero-order valence-corrected chi connectivity index (χ0v) is 31.1. The van der Waals surface area contributed by atoms with Crippen LogP contribution in [0.4, 0.5) is 35.5 Å². The Hall–Kier alpha value is -5.13. The molecule has 2 aromatic carbocycles. The average molecular weight is 811 g/mol. The van der Waals surface area contributed by atoms with Crippen molar-refractivity contribution >= 4 is 35.3 Å². The summed E-state index contributed by atoms with van der Waals surface area (Å²) in [6, 6.07) is 8.86. The van der Waals surface area contributed by atoms with Crippen molar-refractivity contribution in [2.45, 2.75) is 82.7 Å². The maximum atomic E-state index is 15.0. The maximum Gasteiger partial charge on any atom is 0.411 e. The Morgan fingerprint density at radius 3 is 2.38 bits per heavy atom. The number of guanidine groups is 1. The number of hydrogen-bond donors (Lipinski definition) is 3. The van der Waals surface area contributed by atoms with Gasteiger partial charge >= 0.3 is 18.8 Å². The highest BCUT2D eigenvalue weighted by Gasteiger charge is 2.65. The molecule has 6 rings (SSSR count). The fourth-order valence-corrected chi connectivity index (χ4v) is 7.26. The van der Waals surface area contributed by atoms with Crippen molar-refractivity contribution in [1.29, 1.82) is 5.41 Å². The lowest BCUT2D eigenvalue weighted by atomic mass is 9.75. The van der Waals surface area contributed by atoms with Crippen molar-refractivity contribution in [2.75, 3.05) is 13.2 Å². The summed E-state index contributed by atoms with van der Waals surface area (Å²) in [5.41, 5.74) is -3.05. The van der Waals surface area contributed by atoms with Crippen molar-refractivity contribution in [2.24, 2.45) is 5.41 Å². The summed E-state index contributed by atoms with van der Waals surface area (Å²) in [6.45, 7) is 5.74. The lowest BCUT2D eigenvalue weighted by Crippen LogP contribution is -2.49. The molecule has 300 valence electrons. The predicted octanol–water partition coefficient (Wildman–Crippen LogP) is 8.24. The number of allylic oxidation sites excluding steroid dienone is 1. The third-order valence-corrected chi connectivity index (χ3v) is 10.1. The molecule has 1 saturated carbocycles. The molecular weight excluding hydrogens is 773 g/mol. The third-order valence-electron chi connectivity index (χ3n) is 9.82. The largest absolute Gasteiger partial charge is 0.447 e. The molecule has 1 saturated heterocycles. The van der Waals surface area contributed by atoms with Crippen LogP contribution in [-0.2, 0) is 15.1 Å². The molecule has 2 fully saturated rings. The zero-order chi connectivity index (χ0) is 41.0. The molecule has 2 amide bonds. The van der Waals surface area contributed by atoms with Crippen LogP contribution in [0.3, 0.4) is 0 Å². The topological polar surface area (TPSA) is 128 Å². The first-order chi connectivity index (χ1) is 26.2. The van der Waals surface area contributed by atoms with Crippen LogP contribution in [0.5, 0.6) is 0 Å². The molecule has 3 N–H and O–H groups in total. The fraction of sp³-hybridized carbons (Fsp3) is 0.432. The van der Waals surface area contributed by atoms with E-state index in [0.717, 1.165) is 20.8 Å². The summed E-state index contributed by atoms with van der Waals surface area (Å²) in [5.74, 6) is -1.96. The van der Waals surface area contributed by atoms with Crippen molar-refractivity contribution in [1.82, 2.24) is 35.2 Å². The average Bonchev–Trinajstić information content (AvgIpc) is 3.66. The molecule has 0 unspecified atom stereocenters. The van der Waals surface area contributed by atoms with Gasteiger partial charge in [-0.2, -0.15) is 27.1 Å². The second-order valence-electron chi connectivity index (χ2n) is 15.2. The lowest BCUT2D eigenvalue weighted by Gasteiger charge is -2.35. The van der Waals surface area contributed by atoms with Crippen LogP contribution in [0.15, 0.2) is 67.0 Å². The number of alkyl halides is 7. The van der Waals surface area contributed by atoms with Gasteiger partial charge in [-0.1, -0.05) is 80.9 Å². The highest BCUT2D eigenvalue weighted by Crippen LogP contribution is 2.49. The number of halogens is 8. The molecule has 56 heavy (non-hydrogen) atoms. The van der Waals surface area contributed by atoms with Gasteiger partial charge in [0.2, 0.25) is 0 Å². The van der Waals surface area contributed by atoms with E-state index in [1.807, 2.05) is 26.1 Å². The fourth-order valence-electron chi connectivity index (χ4n) is 7.06. The maximum absolute atomic E-state index is 15.0. The van der Waals surface area contributed by atoms with Gasteiger partial charge in [-0.25, -0.2) is 23.2 Å². The van der Waals surface area contributed by atoms with Crippen molar-refractivity contribution < 1.29 is 45.1 Å². The minimum Gasteiger partial charge on any atom is -0.447 e. The van der Waals surface area contributed by atoms with Crippen LogP contribution in [0.2, 0.25) is 5.02 Å². The summed E-state index contributed by atoms with van der Waals surface area (Å²) in [5, 5.41) is 17.8. The SMILES string of the molecule is C=C1CC=C(c2ccc([C@@]3(CC(C)(C)C)NC(=N)N([C@H](COC(=O)NC4(C(F)(F)F)CC4)c4ccc(Cl)c(-n5ncnc5C(F)F)c4)C3=O)cc2)N(C(F)F)C1. The Morgan fingerprint density at radius 2 is 1.79 bits per heavy atom. The van der Waals surface area contributed by atoms with Crippen molar-refractivity contribution in [3.05, 3.63) is 94.6 Å². The van der Waals surface area contributed by atoms with Gasteiger partial charge in [-0.3, -0.25) is 15.1 Å². The van der Waals surface area contributed by atoms with Gasteiger partial charge < -0.3 is 20.3 Å². The van der Waals surface area contributed by atoms with Gasteiger partial charge in [0.05, 0.1) is 16.8 Å². The highest BCUT2D eigenvalue weighted by molar-refractivity contribution is 6.32. The standard InChI is InChI=1S/C37H38ClF7N8O3/c1-20-5-12-25(51(16-20)31(41)42)21-6-9-23(10-7-21)36(18-34(2,3)4)30(54)52(32(46)49-36)27(17-56-33(55)50-35(13-14-35)37(43,44)45)22-8-11-24(38)26(15-22)53-29(28(39)40)47-19-48-53/h6-12,15,19,27-28,31H,1,5,13-14,16-18H2,2-4H3,(H2,46,49)(H,50,55)/t27-,36-/m1/s1. The van der Waals surface area contributed by atoms with E-state index in [2.05, 4.69) is 22.0 Å². The highest BCUT2D eigenvalue weighted by atomic mass is 35.5. The Kier molecular flexibility index (Phi) is 10.7. The van der Waals surface area contributed by atoms with E-state index in [9.17, 15) is 40.3 Å². The summed E-state index contributed by atoms with van der Waals surface area (Å²) < 4.78 is 103. The van der Waals surface area contributed by atoms with E-state index < -0.39 is 72.1 Å². The minimum absolute atomic E-state index is 0.0448. The van der Waals surface area contributed by atoms with E-state index >= 15 is 0 Å². The normalized spacial score (nSPS) is 20.4. The number of alkyl carbamates (subject to hydrolysis) is 1. The van der Waals surface area contributed by atoms with Gasteiger partial charge in [0.15, 0.2) is 11.8 Å². The monoisotopic (exact) mass is 810 g/mol. The first-order valence-electron chi connectivity index (χ1n) is 17.4. The number of ether oxygens (including phenoxy) is 1. The van der Waals surface area contributed by atoms with E-state index in [1.165, 1.54) is 18.2 Å². The number of aromatic nitrogens is 3. The number of hydrogen-bond acceptors (Lipinski definition) is 7. The Balaban J connectivity index is 1.40. The second kappa shape index (κ2) is 14.7. The molecule has 1 aliphatic carbocycles. The van der Waals surface area contributed by atoms with E-state index in [4.69, 9.17) is 21.7 Å². The Labute approximate surface area is 322 Å². The van der Waals surface area contributed by atoms with Crippen LogP contribution < -0.4 is 10.6 Å². The van der Waals surface area contributed by atoms with Crippen LogP contribution in [0, 0.1) is 10.8 Å². The summed E-state index contributed by atoms with van der Waals surface area (Å²) >= 11 is 6.41. The molecule has 3 aliphatic rings. The predicted molar refractivity (Wildman–Crippen MR) is 191 cm³/mol. The molecule has 19 heteroatoms. The molecule has 0 radical (unpaired) electrons. The lowest BCUT2D eigenvalue weighted by molar-refractivity contribution is -0.164. The number of nitrogens with zero attached hydrogens (tertiary/aromatic N) is 5. The summed E-state index contributed by atoms with van der Waals surface area (Å²) in [7, 11) is 0. The number of carbonyl (C=O) groups excluding carboxylic acids is 2. The van der Waals surface area contributed by atoms with Crippen LogP contribution in [0.25, 0.3) is 11.4 Å². The molecule has 0 bridgehead atoms. The van der Waals surface area contributed by atoms with Crippen LogP contribution >= 0.6 is 11.6 Å². The van der Waals surface area contributed by atoms with E-state index in [-0.39, 0.29) is 47.8 Å². The molecule has 2 aliphatic heterocycles. The van der Waals surface area contributed by atoms with Crippen molar-refractivity contribution in [3.63, 3.8) is 0 Å². The zero-order valence-electron chi connectivity index (χ0n) is 30.4. The third kappa shape index (κ3) is 7.79. The van der Waals surface area contributed by atoms with Crippen LogP contribution in [0.1, 0.15) is 81.4 Å². The smallest absolute Gasteiger partial charge is 0.411 e. The number of nitrogens with one attached hydrogen (secondary N) is 3. The van der Waals surface area contributed by atoms with Crippen molar-refractivity contribution in [3.8, 4) is 5.69 Å². The summed E-state index contributed by atoms with van der Waals surface area (Å²) in [4.78, 5) is 33.3. The molecule has 0 spiro atoms. The molecule has 1 aromatic heterocycles. The number of rotatable bonds is 11. The van der Waals surface area contributed by atoms with E-state index in [1.54, 1.807) is 30.3 Å². The number of amides is 2. The quantitative estimate of drug-likeness (QED) is 0.101. The molecule has 11 nitrogen and oxygen atoms in total. The minimum atomic E-state index is -4.75. The first-order valence-corrected chi connectivity index (χ1v) is 17.8.